The fraction of sp³-hybridized carbons (Fsp3) is 1.00. The highest BCUT2D eigenvalue weighted by Gasteiger charge is 2.39. The van der Waals surface area contributed by atoms with Gasteiger partial charge < -0.3 is 23.7 Å². The van der Waals surface area contributed by atoms with E-state index < -0.39 is 5.97 Å². The van der Waals surface area contributed by atoms with Crippen LogP contribution in [0.15, 0.2) is 0 Å². The lowest BCUT2D eigenvalue weighted by Crippen LogP contribution is -2.44. The van der Waals surface area contributed by atoms with Gasteiger partial charge in [0, 0.05) is 27.2 Å². The zero-order valence-electron chi connectivity index (χ0n) is 18.5. The topological polar surface area (TPSA) is 49.5 Å². The summed E-state index contributed by atoms with van der Waals surface area (Å²) in [5.74, 6) is -0.761. The summed E-state index contributed by atoms with van der Waals surface area (Å²) in [6.45, 7) is 6.03. The van der Waals surface area contributed by atoms with Gasteiger partial charge in [-0.3, -0.25) is 0 Å². The van der Waals surface area contributed by atoms with Crippen molar-refractivity contribution in [3.05, 3.63) is 0 Å². The summed E-state index contributed by atoms with van der Waals surface area (Å²) < 4.78 is 28.4. The lowest BCUT2D eigenvalue weighted by Gasteiger charge is -2.37. The third-order valence-corrected chi connectivity index (χ3v) is 5.63. The molecule has 0 aromatic heterocycles. The summed E-state index contributed by atoms with van der Waals surface area (Å²) in [5.41, 5.74) is 0. The molecule has 5 heteroatoms. The van der Waals surface area contributed by atoms with E-state index in [2.05, 4.69) is 13.8 Å². The monoisotopic (exact) mass is 388 g/mol. The van der Waals surface area contributed by atoms with Crippen molar-refractivity contribution in [1.29, 1.82) is 0 Å². The van der Waals surface area contributed by atoms with E-state index in [1.54, 1.807) is 21.3 Å². The molecule has 1 heterocycles. The number of ether oxygens (including phenoxy) is 5. The SMILES string of the molecule is CCCCCCCCC(CCC(CCC)OCC1CO1)C(OC)(OC)OC. The lowest BCUT2D eigenvalue weighted by molar-refractivity contribution is -0.380. The molecule has 162 valence electrons. The van der Waals surface area contributed by atoms with Crippen LogP contribution < -0.4 is 0 Å². The molecular weight excluding hydrogens is 344 g/mol. The van der Waals surface area contributed by atoms with Crippen molar-refractivity contribution < 1.29 is 23.7 Å². The van der Waals surface area contributed by atoms with Crippen LogP contribution in [0.2, 0.25) is 0 Å². The maximum Gasteiger partial charge on any atom is 0.285 e. The van der Waals surface area contributed by atoms with Gasteiger partial charge in [-0.25, -0.2) is 0 Å². The smallest absolute Gasteiger partial charge is 0.285 e. The van der Waals surface area contributed by atoms with E-state index in [4.69, 9.17) is 23.7 Å². The van der Waals surface area contributed by atoms with Gasteiger partial charge in [-0.2, -0.15) is 0 Å². The Hall–Kier alpha value is -0.200. The number of methoxy groups -OCH3 is 3. The largest absolute Gasteiger partial charge is 0.375 e. The normalized spacial score (nSPS) is 19.2. The Labute approximate surface area is 167 Å². The number of rotatable bonds is 19. The van der Waals surface area contributed by atoms with Gasteiger partial charge >= 0.3 is 0 Å². The van der Waals surface area contributed by atoms with Crippen LogP contribution in [-0.4, -0.2) is 52.7 Å². The number of epoxide rings is 1. The second kappa shape index (κ2) is 14.7. The van der Waals surface area contributed by atoms with Crippen LogP contribution in [0.25, 0.3) is 0 Å². The zero-order valence-corrected chi connectivity index (χ0v) is 18.5. The molecule has 1 fully saturated rings. The molecule has 0 spiro atoms. The molecule has 0 aromatic rings. The first-order chi connectivity index (χ1) is 13.2. The second-order valence-corrected chi connectivity index (χ2v) is 7.75. The van der Waals surface area contributed by atoms with Gasteiger partial charge in [-0.15, -0.1) is 0 Å². The molecule has 0 radical (unpaired) electrons. The number of unbranched alkanes of at least 4 members (excludes halogenated alkanes) is 5. The van der Waals surface area contributed by atoms with E-state index >= 15 is 0 Å². The van der Waals surface area contributed by atoms with Crippen molar-refractivity contribution >= 4 is 0 Å². The Morgan fingerprint density at radius 2 is 1.44 bits per heavy atom. The highest BCUT2D eigenvalue weighted by atomic mass is 16.9. The summed E-state index contributed by atoms with van der Waals surface area (Å²) in [5, 5.41) is 0. The number of hydrogen-bond donors (Lipinski definition) is 0. The minimum atomic E-state index is -0.959. The van der Waals surface area contributed by atoms with E-state index in [0.29, 0.717) is 6.10 Å². The Bertz CT molecular complexity index is 333. The Kier molecular flexibility index (Phi) is 13.6. The van der Waals surface area contributed by atoms with Crippen molar-refractivity contribution in [1.82, 2.24) is 0 Å². The standard InChI is InChI=1S/C22H44O5/c1-6-8-9-10-11-12-14-19(22(23-3,24-4)25-5)15-16-20(13-7-2)26-17-21-18-27-21/h19-21H,6-18H2,1-5H3. The van der Waals surface area contributed by atoms with Crippen LogP contribution in [0, 0.1) is 5.92 Å². The van der Waals surface area contributed by atoms with Gasteiger partial charge in [0.25, 0.3) is 5.97 Å². The third kappa shape index (κ3) is 9.71. The Balaban J connectivity index is 2.53. The van der Waals surface area contributed by atoms with Gasteiger partial charge in [0.15, 0.2) is 0 Å². The van der Waals surface area contributed by atoms with Gasteiger partial charge in [-0.05, 0) is 25.7 Å². The molecule has 3 unspecified atom stereocenters. The Morgan fingerprint density at radius 3 is 2.00 bits per heavy atom. The van der Waals surface area contributed by atoms with Gasteiger partial charge in [0.2, 0.25) is 0 Å². The highest BCUT2D eigenvalue weighted by Crippen LogP contribution is 2.33. The predicted octanol–water partition coefficient (Wildman–Crippen LogP) is 5.31. The molecular formula is C22H44O5. The summed E-state index contributed by atoms with van der Waals surface area (Å²) in [6.07, 6.45) is 13.5. The first-order valence-electron chi connectivity index (χ1n) is 11.0. The summed E-state index contributed by atoms with van der Waals surface area (Å²) >= 11 is 0. The molecule has 0 bridgehead atoms. The average molecular weight is 389 g/mol. The van der Waals surface area contributed by atoms with Crippen LogP contribution >= 0.6 is 0 Å². The maximum atomic E-state index is 6.09. The summed E-state index contributed by atoms with van der Waals surface area (Å²) in [6, 6.07) is 0. The van der Waals surface area contributed by atoms with E-state index in [1.807, 2.05) is 0 Å². The van der Waals surface area contributed by atoms with Crippen LogP contribution in [0.3, 0.4) is 0 Å². The molecule has 0 aliphatic carbocycles. The van der Waals surface area contributed by atoms with Crippen molar-refractivity contribution in [2.45, 2.75) is 103 Å². The highest BCUT2D eigenvalue weighted by molar-refractivity contribution is 4.75. The summed E-state index contributed by atoms with van der Waals surface area (Å²) in [7, 11) is 5.02. The average Bonchev–Trinajstić information content (AvgIpc) is 3.52. The van der Waals surface area contributed by atoms with Crippen molar-refractivity contribution in [3.63, 3.8) is 0 Å². The van der Waals surface area contributed by atoms with E-state index in [0.717, 1.165) is 45.3 Å². The molecule has 5 nitrogen and oxygen atoms in total. The van der Waals surface area contributed by atoms with Crippen LogP contribution in [-0.2, 0) is 23.7 Å². The van der Waals surface area contributed by atoms with Crippen molar-refractivity contribution in [2.24, 2.45) is 5.92 Å². The zero-order chi connectivity index (χ0) is 20.0. The second-order valence-electron chi connectivity index (χ2n) is 7.75. The fourth-order valence-corrected chi connectivity index (χ4v) is 3.85. The molecule has 1 rings (SSSR count). The minimum absolute atomic E-state index is 0.198. The Morgan fingerprint density at radius 1 is 0.815 bits per heavy atom. The predicted molar refractivity (Wildman–Crippen MR) is 109 cm³/mol. The first-order valence-corrected chi connectivity index (χ1v) is 11.0. The van der Waals surface area contributed by atoms with Gasteiger partial charge in [0.05, 0.1) is 19.3 Å². The molecule has 1 aliphatic heterocycles. The molecule has 1 aliphatic rings. The molecule has 0 amide bonds. The van der Waals surface area contributed by atoms with Crippen LogP contribution in [0.5, 0.6) is 0 Å². The number of hydrogen-bond acceptors (Lipinski definition) is 5. The van der Waals surface area contributed by atoms with Crippen LogP contribution in [0.4, 0.5) is 0 Å². The van der Waals surface area contributed by atoms with E-state index in [1.165, 1.54) is 38.5 Å². The van der Waals surface area contributed by atoms with Gasteiger partial charge in [0.1, 0.15) is 6.10 Å². The van der Waals surface area contributed by atoms with Gasteiger partial charge in [-0.1, -0.05) is 58.8 Å². The minimum Gasteiger partial charge on any atom is -0.375 e. The molecule has 0 saturated carbocycles. The lowest BCUT2D eigenvalue weighted by atomic mass is 9.91. The van der Waals surface area contributed by atoms with Crippen molar-refractivity contribution in [2.75, 3.05) is 34.5 Å². The van der Waals surface area contributed by atoms with E-state index in [9.17, 15) is 0 Å². The maximum absolute atomic E-state index is 6.09. The fourth-order valence-electron chi connectivity index (χ4n) is 3.85. The third-order valence-electron chi connectivity index (χ3n) is 5.63. The molecule has 0 N–H and O–H groups in total. The molecule has 27 heavy (non-hydrogen) atoms. The first kappa shape index (κ1) is 24.8. The quantitative estimate of drug-likeness (QED) is 0.170. The molecule has 1 saturated heterocycles. The van der Waals surface area contributed by atoms with E-state index in [-0.39, 0.29) is 12.0 Å². The molecule has 3 atom stereocenters. The molecule has 0 aromatic carbocycles. The summed E-state index contributed by atoms with van der Waals surface area (Å²) in [4.78, 5) is 0. The van der Waals surface area contributed by atoms with Crippen LogP contribution in [0.1, 0.15) is 84.5 Å². The van der Waals surface area contributed by atoms with Crippen molar-refractivity contribution in [3.8, 4) is 0 Å².